The molecule has 0 bridgehead atoms. The predicted octanol–water partition coefficient (Wildman–Crippen LogP) is 5.66. The first-order valence-corrected chi connectivity index (χ1v) is 10.6. The van der Waals surface area contributed by atoms with Crippen molar-refractivity contribution in [2.75, 3.05) is 0 Å². The lowest BCUT2D eigenvalue weighted by atomic mass is 9.42. The Labute approximate surface area is 143 Å². The first-order valence-electron chi connectivity index (χ1n) is 10.6. The number of hydrogen-bond acceptors (Lipinski definition) is 1. The van der Waals surface area contributed by atoms with Crippen molar-refractivity contribution in [2.45, 2.75) is 91.6 Å². The van der Waals surface area contributed by atoms with Crippen molar-refractivity contribution in [3.63, 3.8) is 0 Å². The molecule has 0 amide bonds. The number of aliphatic hydroxyl groups is 1. The van der Waals surface area contributed by atoms with Gasteiger partial charge in [0.15, 0.2) is 0 Å². The summed E-state index contributed by atoms with van der Waals surface area (Å²) in [5, 5.41) is 10.7. The van der Waals surface area contributed by atoms with Gasteiger partial charge in [-0.15, -0.1) is 0 Å². The van der Waals surface area contributed by atoms with E-state index in [0.717, 1.165) is 41.9 Å². The zero-order valence-electron chi connectivity index (χ0n) is 15.9. The fourth-order valence-corrected chi connectivity index (χ4v) is 8.04. The SMILES string of the molecule is CC(C)[C@@H]1C[C@H]2CCCC[C@]2(C)[C@H]2CC[C@]3(C)[C@@H](O)CC[C@H]3[C@H]12. The van der Waals surface area contributed by atoms with Crippen LogP contribution in [0.1, 0.15) is 85.5 Å². The Bertz CT molecular complexity index is 457. The molecular weight excluding hydrogens is 280 g/mol. The number of hydrogen-bond donors (Lipinski definition) is 1. The van der Waals surface area contributed by atoms with Crippen molar-refractivity contribution in [3.8, 4) is 0 Å². The van der Waals surface area contributed by atoms with Crippen LogP contribution in [-0.4, -0.2) is 11.2 Å². The van der Waals surface area contributed by atoms with Gasteiger partial charge in [0.2, 0.25) is 0 Å². The molecule has 0 heterocycles. The normalized spacial score (nSPS) is 56.1. The van der Waals surface area contributed by atoms with Crippen molar-refractivity contribution in [3.05, 3.63) is 0 Å². The minimum Gasteiger partial charge on any atom is -0.393 e. The minimum absolute atomic E-state index is 0.0295. The van der Waals surface area contributed by atoms with Crippen LogP contribution in [0.3, 0.4) is 0 Å². The molecule has 0 aromatic carbocycles. The molecular formula is C22H38O. The van der Waals surface area contributed by atoms with E-state index in [9.17, 15) is 5.11 Å². The average Bonchev–Trinajstić information content (AvgIpc) is 2.81. The van der Waals surface area contributed by atoms with Crippen molar-refractivity contribution < 1.29 is 5.11 Å². The predicted molar refractivity (Wildman–Crippen MR) is 96.1 cm³/mol. The van der Waals surface area contributed by atoms with Crippen LogP contribution in [0.2, 0.25) is 0 Å². The summed E-state index contributed by atoms with van der Waals surface area (Å²) in [7, 11) is 0. The van der Waals surface area contributed by atoms with E-state index in [1.54, 1.807) is 0 Å². The monoisotopic (exact) mass is 318 g/mol. The largest absolute Gasteiger partial charge is 0.393 e. The molecule has 4 aliphatic rings. The van der Waals surface area contributed by atoms with Crippen molar-refractivity contribution in [1.29, 1.82) is 0 Å². The van der Waals surface area contributed by atoms with Gasteiger partial charge in [-0.2, -0.15) is 0 Å². The summed E-state index contributed by atoms with van der Waals surface area (Å²) in [6.07, 6.45) is 12.4. The second-order valence-corrected chi connectivity index (χ2v) is 10.5. The Morgan fingerprint density at radius 1 is 0.870 bits per heavy atom. The highest BCUT2D eigenvalue weighted by molar-refractivity contribution is 5.11. The molecule has 0 aromatic heterocycles. The molecule has 23 heavy (non-hydrogen) atoms. The third-order valence-electron chi connectivity index (χ3n) is 9.49. The van der Waals surface area contributed by atoms with E-state index in [4.69, 9.17) is 0 Å². The van der Waals surface area contributed by atoms with Crippen LogP contribution in [-0.2, 0) is 0 Å². The Kier molecular flexibility index (Phi) is 3.91. The molecule has 4 saturated carbocycles. The fourth-order valence-electron chi connectivity index (χ4n) is 8.04. The average molecular weight is 319 g/mol. The van der Waals surface area contributed by atoms with Gasteiger partial charge in [-0.05, 0) is 91.3 Å². The first kappa shape index (κ1) is 16.4. The van der Waals surface area contributed by atoms with E-state index in [2.05, 4.69) is 27.7 Å². The van der Waals surface area contributed by atoms with Crippen molar-refractivity contribution in [2.24, 2.45) is 46.3 Å². The molecule has 1 N–H and O–H groups in total. The van der Waals surface area contributed by atoms with Gasteiger partial charge in [-0.3, -0.25) is 0 Å². The van der Waals surface area contributed by atoms with E-state index in [0.29, 0.717) is 5.41 Å². The van der Waals surface area contributed by atoms with Crippen LogP contribution >= 0.6 is 0 Å². The highest BCUT2D eigenvalue weighted by Crippen LogP contribution is 2.68. The molecule has 0 aromatic rings. The lowest BCUT2D eigenvalue weighted by Gasteiger charge is -2.63. The van der Waals surface area contributed by atoms with Crippen molar-refractivity contribution in [1.82, 2.24) is 0 Å². The molecule has 1 nitrogen and oxygen atoms in total. The highest BCUT2D eigenvalue weighted by Gasteiger charge is 2.62. The van der Waals surface area contributed by atoms with E-state index in [-0.39, 0.29) is 11.5 Å². The van der Waals surface area contributed by atoms with Gasteiger partial charge in [0.25, 0.3) is 0 Å². The van der Waals surface area contributed by atoms with Gasteiger partial charge < -0.3 is 5.11 Å². The molecule has 4 aliphatic carbocycles. The molecule has 4 fully saturated rings. The summed E-state index contributed by atoms with van der Waals surface area (Å²) in [5.41, 5.74) is 0.843. The molecule has 0 radical (unpaired) electrons. The molecule has 132 valence electrons. The lowest BCUT2D eigenvalue weighted by molar-refractivity contribution is -0.153. The topological polar surface area (TPSA) is 20.2 Å². The molecule has 0 unspecified atom stereocenters. The molecule has 8 atom stereocenters. The van der Waals surface area contributed by atoms with E-state index < -0.39 is 0 Å². The zero-order chi connectivity index (χ0) is 16.4. The molecule has 0 aliphatic heterocycles. The van der Waals surface area contributed by atoms with Gasteiger partial charge in [-0.25, -0.2) is 0 Å². The second-order valence-electron chi connectivity index (χ2n) is 10.5. The third kappa shape index (κ3) is 2.21. The Balaban J connectivity index is 1.73. The fraction of sp³-hybridized carbons (Fsp3) is 1.00. The summed E-state index contributed by atoms with van der Waals surface area (Å²) < 4.78 is 0. The smallest absolute Gasteiger partial charge is 0.0596 e. The van der Waals surface area contributed by atoms with Crippen molar-refractivity contribution >= 4 is 0 Å². The lowest BCUT2D eigenvalue weighted by Crippen LogP contribution is -2.57. The van der Waals surface area contributed by atoms with Gasteiger partial charge in [0.05, 0.1) is 6.10 Å². The quantitative estimate of drug-likeness (QED) is 0.661. The summed E-state index contributed by atoms with van der Waals surface area (Å²) in [4.78, 5) is 0. The minimum atomic E-state index is -0.0295. The number of rotatable bonds is 1. The first-order chi connectivity index (χ1) is 10.9. The van der Waals surface area contributed by atoms with E-state index in [1.165, 1.54) is 51.4 Å². The van der Waals surface area contributed by atoms with Crippen LogP contribution in [0.4, 0.5) is 0 Å². The molecule has 1 heteroatoms. The van der Waals surface area contributed by atoms with Gasteiger partial charge >= 0.3 is 0 Å². The van der Waals surface area contributed by atoms with Crippen LogP contribution in [0.25, 0.3) is 0 Å². The molecule has 0 spiro atoms. The van der Waals surface area contributed by atoms with E-state index >= 15 is 0 Å². The maximum absolute atomic E-state index is 10.7. The summed E-state index contributed by atoms with van der Waals surface area (Å²) >= 11 is 0. The Hall–Kier alpha value is -0.0400. The van der Waals surface area contributed by atoms with E-state index in [1.807, 2.05) is 0 Å². The molecule has 0 saturated heterocycles. The summed E-state index contributed by atoms with van der Waals surface area (Å²) in [6, 6.07) is 0. The maximum atomic E-state index is 10.7. The van der Waals surface area contributed by atoms with Gasteiger partial charge in [0, 0.05) is 0 Å². The number of fused-ring (bicyclic) bond motifs is 5. The number of aliphatic hydroxyl groups excluding tert-OH is 1. The van der Waals surface area contributed by atoms with Crippen LogP contribution in [0.15, 0.2) is 0 Å². The van der Waals surface area contributed by atoms with Gasteiger partial charge in [0.1, 0.15) is 0 Å². The van der Waals surface area contributed by atoms with Crippen LogP contribution < -0.4 is 0 Å². The summed E-state index contributed by atoms with van der Waals surface area (Å²) in [6.45, 7) is 10.0. The third-order valence-corrected chi connectivity index (χ3v) is 9.49. The summed E-state index contributed by atoms with van der Waals surface area (Å²) in [5.74, 6) is 5.34. The second kappa shape index (κ2) is 5.48. The zero-order valence-corrected chi connectivity index (χ0v) is 15.9. The standard InChI is InChI=1S/C22H38O/c1-14(2)16-13-15-7-5-6-11-21(15,3)18-10-12-22(4)17(20(16)18)8-9-19(22)23/h14-20,23H,5-13H2,1-4H3/t15-,16+,17+,18+,19+,20+,21+,22+/m1/s1. The Morgan fingerprint density at radius 2 is 1.61 bits per heavy atom. The Morgan fingerprint density at radius 3 is 2.35 bits per heavy atom. The van der Waals surface area contributed by atoms with Crippen LogP contribution in [0.5, 0.6) is 0 Å². The molecule has 4 rings (SSSR count). The van der Waals surface area contributed by atoms with Gasteiger partial charge in [-0.1, -0.05) is 40.5 Å². The maximum Gasteiger partial charge on any atom is 0.0596 e. The highest BCUT2D eigenvalue weighted by atomic mass is 16.3. The van der Waals surface area contributed by atoms with Crippen LogP contribution in [0, 0.1) is 46.3 Å².